The minimum atomic E-state index is -0.0417. The Kier molecular flexibility index (Phi) is 7.59. The molecule has 0 bridgehead atoms. The lowest BCUT2D eigenvalue weighted by Gasteiger charge is -2.18. The molecule has 0 saturated carbocycles. The number of imidazole rings is 1. The summed E-state index contributed by atoms with van der Waals surface area (Å²) in [6, 6.07) is 35.6. The lowest BCUT2D eigenvalue weighted by molar-refractivity contribution is -0.120. The van der Waals surface area contributed by atoms with Gasteiger partial charge < -0.3 is 14.8 Å². The Bertz CT molecular complexity index is 1530. The number of fused-ring (bicyclic) bond motifs is 1. The van der Waals surface area contributed by atoms with Crippen LogP contribution < -0.4 is 10.2 Å². The number of hydrogen-bond acceptors (Lipinski definition) is 3. The summed E-state index contributed by atoms with van der Waals surface area (Å²) in [5.74, 6) is 0.692. The number of benzene rings is 4. The van der Waals surface area contributed by atoms with Crippen molar-refractivity contribution in [1.29, 1.82) is 0 Å². The SMILES string of the molecule is CN(C(=O)Cn1c(CCNC(=O)Cc2ccc(-c3ccccc3)cc2)nc2ccccc21)c1ccccc1. The third kappa shape index (κ3) is 5.81. The number of carbonyl (C=O) groups is 2. The smallest absolute Gasteiger partial charge is 0.246 e. The average Bonchev–Trinajstić information content (AvgIpc) is 3.31. The molecule has 0 aliphatic carbocycles. The van der Waals surface area contributed by atoms with Crippen LogP contribution in [0.25, 0.3) is 22.2 Å². The molecule has 0 aliphatic heterocycles. The van der Waals surface area contributed by atoms with Gasteiger partial charge in [-0.05, 0) is 41.0 Å². The molecule has 1 heterocycles. The van der Waals surface area contributed by atoms with E-state index in [1.807, 2.05) is 102 Å². The molecule has 6 nitrogen and oxygen atoms in total. The normalized spacial score (nSPS) is 10.9. The first-order valence-electron chi connectivity index (χ1n) is 12.8. The van der Waals surface area contributed by atoms with E-state index in [0.29, 0.717) is 19.4 Å². The van der Waals surface area contributed by atoms with Gasteiger partial charge in [-0.25, -0.2) is 4.98 Å². The van der Waals surface area contributed by atoms with Gasteiger partial charge in [0.1, 0.15) is 12.4 Å². The molecular weight excluding hydrogens is 472 g/mol. The second-order valence-corrected chi connectivity index (χ2v) is 9.23. The Balaban J connectivity index is 1.21. The number of likely N-dealkylation sites (N-methyl/N-ethyl adjacent to an activating group) is 1. The number of hydrogen-bond donors (Lipinski definition) is 1. The zero-order valence-corrected chi connectivity index (χ0v) is 21.4. The van der Waals surface area contributed by atoms with E-state index in [2.05, 4.69) is 17.4 Å². The summed E-state index contributed by atoms with van der Waals surface area (Å²) in [4.78, 5) is 32.2. The van der Waals surface area contributed by atoms with E-state index in [4.69, 9.17) is 4.98 Å². The number of amides is 2. The fourth-order valence-corrected chi connectivity index (χ4v) is 4.54. The number of aromatic nitrogens is 2. The largest absolute Gasteiger partial charge is 0.355 e. The summed E-state index contributed by atoms with van der Waals surface area (Å²) in [5, 5.41) is 3.01. The molecule has 1 N–H and O–H groups in total. The van der Waals surface area contributed by atoms with Gasteiger partial charge in [0.15, 0.2) is 0 Å². The third-order valence-electron chi connectivity index (χ3n) is 6.64. The molecule has 1 aromatic heterocycles. The lowest BCUT2D eigenvalue weighted by Crippen LogP contribution is -2.31. The highest BCUT2D eigenvalue weighted by Crippen LogP contribution is 2.20. The van der Waals surface area contributed by atoms with Crippen LogP contribution >= 0.6 is 0 Å². The van der Waals surface area contributed by atoms with E-state index in [1.165, 1.54) is 0 Å². The van der Waals surface area contributed by atoms with Crippen LogP contribution in [0.2, 0.25) is 0 Å². The van der Waals surface area contributed by atoms with Crippen molar-refractivity contribution in [2.24, 2.45) is 0 Å². The molecule has 5 rings (SSSR count). The van der Waals surface area contributed by atoms with Crippen molar-refractivity contribution < 1.29 is 9.59 Å². The maximum Gasteiger partial charge on any atom is 0.246 e. The molecule has 0 aliphatic rings. The molecular formula is C32H30N4O2. The fourth-order valence-electron chi connectivity index (χ4n) is 4.54. The maximum atomic E-state index is 13.1. The van der Waals surface area contributed by atoms with Crippen LogP contribution in [0, 0.1) is 0 Å². The Morgan fingerprint density at radius 2 is 1.42 bits per heavy atom. The summed E-state index contributed by atoms with van der Waals surface area (Å²) in [6.07, 6.45) is 0.835. The minimum Gasteiger partial charge on any atom is -0.355 e. The first kappa shape index (κ1) is 25.0. The summed E-state index contributed by atoms with van der Waals surface area (Å²) in [7, 11) is 1.78. The highest BCUT2D eigenvalue weighted by Gasteiger charge is 2.17. The molecule has 0 spiro atoms. The van der Waals surface area contributed by atoms with Crippen LogP contribution in [0.4, 0.5) is 5.69 Å². The molecule has 190 valence electrons. The highest BCUT2D eigenvalue weighted by atomic mass is 16.2. The van der Waals surface area contributed by atoms with Crippen LogP contribution in [0.3, 0.4) is 0 Å². The molecule has 38 heavy (non-hydrogen) atoms. The molecule has 0 saturated heterocycles. The number of rotatable bonds is 9. The van der Waals surface area contributed by atoms with Gasteiger partial charge in [0.05, 0.1) is 17.5 Å². The summed E-state index contributed by atoms with van der Waals surface area (Å²) >= 11 is 0. The summed E-state index contributed by atoms with van der Waals surface area (Å²) < 4.78 is 1.95. The van der Waals surface area contributed by atoms with Crippen LogP contribution in [-0.2, 0) is 29.0 Å². The van der Waals surface area contributed by atoms with Crippen LogP contribution in [0.15, 0.2) is 109 Å². The van der Waals surface area contributed by atoms with Crippen molar-refractivity contribution in [3.8, 4) is 11.1 Å². The fraction of sp³-hybridized carbons (Fsp3) is 0.156. The standard InChI is InChI=1S/C32H30N4O2/c1-35(27-12-6-3-7-13-27)32(38)23-36-29-15-9-8-14-28(29)34-30(36)20-21-33-31(37)22-24-16-18-26(19-17-24)25-10-4-2-5-11-25/h2-19H,20-23H2,1H3,(H,33,37). The van der Waals surface area contributed by atoms with Crippen molar-refractivity contribution in [3.63, 3.8) is 0 Å². The van der Waals surface area contributed by atoms with E-state index in [-0.39, 0.29) is 18.4 Å². The van der Waals surface area contributed by atoms with Crippen molar-refractivity contribution in [2.75, 3.05) is 18.5 Å². The monoisotopic (exact) mass is 502 g/mol. The lowest BCUT2D eigenvalue weighted by atomic mass is 10.0. The van der Waals surface area contributed by atoms with Crippen molar-refractivity contribution >= 4 is 28.5 Å². The number of anilines is 1. The Labute approximate surface area is 222 Å². The van der Waals surface area contributed by atoms with Gasteiger partial charge in [0, 0.05) is 25.7 Å². The maximum absolute atomic E-state index is 13.1. The van der Waals surface area contributed by atoms with Gasteiger partial charge >= 0.3 is 0 Å². The Morgan fingerprint density at radius 1 is 0.789 bits per heavy atom. The Morgan fingerprint density at radius 3 is 2.16 bits per heavy atom. The zero-order valence-electron chi connectivity index (χ0n) is 21.4. The molecule has 4 aromatic carbocycles. The first-order chi connectivity index (χ1) is 18.6. The number of para-hydroxylation sites is 3. The van der Waals surface area contributed by atoms with Crippen molar-refractivity contribution in [3.05, 3.63) is 121 Å². The van der Waals surface area contributed by atoms with Gasteiger partial charge in [-0.2, -0.15) is 0 Å². The van der Waals surface area contributed by atoms with Gasteiger partial charge in [-0.15, -0.1) is 0 Å². The van der Waals surface area contributed by atoms with Crippen molar-refractivity contribution in [1.82, 2.24) is 14.9 Å². The van der Waals surface area contributed by atoms with Gasteiger partial charge in [-0.3, -0.25) is 9.59 Å². The minimum absolute atomic E-state index is 0.0383. The highest BCUT2D eigenvalue weighted by molar-refractivity contribution is 5.93. The predicted octanol–water partition coefficient (Wildman–Crippen LogP) is 5.27. The molecule has 6 heteroatoms. The molecule has 0 unspecified atom stereocenters. The number of nitrogens with one attached hydrogen (secondary N) is 1. The van der Waals surface area contributed by atoms with E-state index in [0.717, 1.165) is 39.2 Å². The van der Waals surface area contributed by atoms with Crippen LogP contribution in [0.1, 0.15) is 11.4 Å². The van der Waals surface area contributed by atoms with Crippen molar-refractivity contribution in [2.45, 2.75) is 19.4 Å². The van der Waals surface area contributed by atoms with E-state index in [9.17, 15) is 9.59 Å². The van der Waals surface area contributed by atoms with Gasteiger partial charge in [0.25, 0.3) is 0 Å². The first-order valence-corrected chi connectivity index (χ1v) is 12.8. The second kappa shape index (κ2) is 11.6. The van der Waals surface area contributed by atoms with Crippen LogP contribution in [0.5, 0.6) is 0 Å². The van der Waals surface area contributed by atoms with Gasteiger partial charge in [0.2, 0.25) is 11.8 Å². The van der Waals surface area contributed by atoms with E-state index < -0.39 is 0 Å². The number of carbonyl (C=O) groups excluding carboxylic acids is 2. The third-order valence-corrected chi connectivity index (χ3v) is 6.64. The molecule has 0 atom stereocenters. The average molecular weight is 503 g/mol. The predicted molar refractivity (Wildman–Crippen MR) is 152 cm³/mol. The van der Waals surface area contributed by atoms with Crippen LogP contribution in [-0.4, -0.2) is 35.0 Å². The molecule has 2 amide bonds. The van der Waals surface area contributed by atoms with Gasteiger partial charge in [-0.1, -0.05) is 84.9 Å². The number of nitrogens with zero attached hydrogens (tertiary/aromatic N) is 3. The van der Waals surface area contributed by atoms with E-state index >= 15 is 0 Å². The molecule has 0 radical (unpaired) electrons. The summed E-state index contributed by atoms with van der Waals surface area (Å²) in [5.41, 5.74) is 5.82. The quantitative estimate of drug-likeness (QED) is 0.299. The Hall–Kier alpha value is -4.71. The van der Waals surface area contributed by atoms with E-state index in [1.54, 1.807) is 11.9 Å². The summed E-state index contributed by atoms with van der Waals surface area (Å²) in [6.45, 7) is 0.607. The molecule has 0 fully saturated rings. The topological polar surface area (TPSA) is 67.2 Å². The molecule has 5 aromatic rings. The zero-order chi connectivity index (χ0) is 26.3. The second-order valence-electron chi connectivity index (χ2n) is 9.23.